The number of aromatic nitrogens is 2. The number of nitrogens with zero attached hydrogens (tertiary/aromatic N) is 2. The third kappa shape index (κ3) is 3.04. The van der Waals surface area contributed by atoms with E-state index in [1.807, 2.05) is 26.0 Å². The Morgan fingerprint density at radius 1 is 1.32 bits per heavy atom. The van der Waals surface area contributed by atoms with Crippen molar-refractivity contribution in [2.24, 2.45) is 0 Å². The molecule has 0 fully saturated rings. The molecule has 0 bridgehead atoms. The Hall–Kier alpha value is -1.62. The molecule has 0 amide bonds. The van der Waals surface area contributed by atoms with Gasteiger partial charge >= 0.3 is 5.97 Å². The number of hydrogen-bond acceptors (Lipinski definition) is 5. The van der Waals surface area contributed by atoms with Gasteiger partial charge in [-0.25, -0.2) is 9.97 Å². The van der Waals surface area contributed by atoms with Crippen molar-refractivity contribution in [3.05, 3.63) is 29.5 Å². The van der Waals surface area contributed by atoms with Crippen LogP contribution in [0.4, 0.5) is 0 Å². The molecule has 0 spiro atoms. The van der Waals surface area contributed by atoms with E-state index in [9.17, 15) is 4.79 Å². The van der Waals surface area contributed by atoms with E-state index in [0.717, 1.165) is 16.6 Å². The minimum atomic E-state index is -0.313. The summed E-state index contributed by atoms with van der Waals surface area (Å²) in [6.07, 6.45) is 0. The Morgan fingerprint density at radius 3 is 2.74 bits per heavy atom. The first-order valence-electron chi connectivity index (χ1n) is 6.00. The van der Waals surface area contributed by atoms with Gasteiger partial charge in [-0.2, -0.15) is 0 Å². The van der Waals surface area contributed by atoms with E-state index < -0.39 is 0 Å². The van der Waals surface area contributed by atoms with Gasteiger partial charge in [0.2, 0.25) is 0 Å². The van der Waals surface area contributed by atoms with E-state index in [1.54, 1.807) is 6.92 Å². The number of thioether (sulfide) groups is 1. The number of methoxy groups -OCH3 is 1. The van der Waals surface area contributed by atoms with Crippen molar-refractivity contribution in [1.82, 2.24) is 9.97 Å². The topological polar surface area (TPSA) is 52.1 Å². The lowest BCUT2D eigenvalue weighted by molar-refractivity contribution is -0.139. The van der Waals surface area contributed by atoms with Gasteiger partial charge < -0.3 is 4.74 Å². The van der Waals surface area contributed by atoms with Crippen molar-refractivity contribution < 1.29 is 9.53 Å². The molecule has 1 atom stereocenters. The van der Waals surface area contributed by atoms with Crippen LogP contribution in [-0.2, 0) is 9.53 Å². The SMILES string of the molecule is COC(=O)[C@@H](C)Sc1nc(C)c2cc(C)ccc2n1. The lowest BCUT2D eigenvalue weighted by Gasteiger charge is -2.09. The fourth-order valence-corrected chi connectivity index (χ4v) is 2.64. The minimum Gasteiger partial charge on any atom is -0.468 e. The van der Waals surface area contributed by atoms with Gasteiger partial charge in [0.05, 0.1) is 12.6 Å². The van der Waals surface area contributed by atoms with Crippen molar-refractivity contribution in [2.45, 2.75) is 31.2 Å². The molecule has 19 heavy (non-hydrogen) atoms. The molecule has 2 aromatic rings. The van der Waals surface area contributed by atoms with Crippen LogP contribution in [0.5, 0.6) is 0 Å². The Balaban J connectivity index is 2.36. The quantitative estimate of drug-likeness (QED) is 0.490. The summed E-state index contributed by atoms with van der Waals surface area (Å²) in [5, 5.41) is 1.34. The van der Waals surface area contributed by atoms with E-state index in [2.05, 4.69) is 16.0 Å². The highest BCUT2D eigenvalue weighted by Crippen LogP contribution is 2.24. The van der Waals surface area contributed by atoms with Gasteiger partial charge in [0.15, 0.2) is 5.16 Å². The molecule has 100 valence electrons. The second kappa shape index (κ2) is 5.57. The maximum atomic E-state index is 11.4. The van der Waals surface area contributed by atoms with Crippen LogP contribution in [0.1, 0.15) is 18.2 Å². The molecule has 0 aliphatic heterocycles. The molecular formula is C14H16N2O2S. The molecule has 0 unspecified atom stereocenters. The van der Waals surface area contributed by atoms with Crippen molar-refractivity contribution >= 4 is 28.6 Å². The average molecular weight is 276 g/mol. The number of fused-ring (bicyclic) bond motifs is 1. The summed E-state index contributed by atoms with van der Waals surface area (Å²) in [6, 6.07) is 6.07. The highest BCUT2D eigenvalue weighted by Gasteiger charge is 2.17. The third-order valence-corrected chi connectivity index (χ3v) is 3.78. The van der Waals surface area contributed by atoms with Crippen molar-refractivity contribution in [2.75, 3.05) is 7.11 Å². The van der Waals surface area contributed by atoms with Gasteiger partial charge in [0.1, 0.15) is 5.25 Å². The Morgan fingerprint density at radius 2 is 2.05 bits per heavy atom. The van der Waals surface area contributed by atoms with Crippen LogP contribution in [0, 0.1) is 13.8 Å². The highest BCUT2D eigenvalue weighted by molar-refractivity contribution is 8.00. The largest absolute Gasteiger partial charge is 0.468 e. The summed E-state index contributed by atoms with van der Waals surface area (Å²) in [5.74, 6) is -0.268. The minimum absolute atomic E-state index is 0.268. The predicted molar refractivity (Wildman–Crippen MR) is 76.3 cm³/mol. The summed E-state index contributed by atoms with van der Waals surface area (Å²) in [6.45, 7) is 5.78. The second-order valence-electron chi connectivity index (χ2n) is 4.40. The maximum Gasteiger partial charge on any atom is 0.318 e. The summed E-state index contributed by atoms with van der Waals surface area (Å²) in [4.78, 5) is 20.3. The van der Waals surface area contributed by atoms with Gasteiger partial charge in [-0.3, -0.25) is 4.79 Å². The molecule has 1 heterocycles. The molecule has 0 saturated heterocycles. The van der Waals surface area contributed by atoms with Crippen LogP contribution in [-0.4, -0.2) is 28.3 Å². The number of benzene rings is 1. The van der Waals surface area contributed by atoms with Crippen LogP contribution in [0.15, 0.2) is 23.4 Å². The average Bonchev–Trinajstić information content (AvgIpc) is 2.38. The van der Waals surface area contributed by atoms with Crippen LogP contribution in [0.2, 0.25) is 0 Å². The number of aryl methyl sites for hydroxylation is 2. The highest BCUT2D eigenvalue weighted by atomic mass is 32.2. The van der Waals surface area contributed by atoms with Gasteiger partial charge in [-0.15, -0.1) is 0 Å². The van der Waals surface area contributed by atoms with Crippen LogP contribution < -0.4 is 0 Å². The summed E-state index contributed by atoms with van der Waals surface area (Å²) in [5.41, 5.74) is 3.01. The lowest BCUT2D eigenvalue weighted by Crippen LogP contribution is -2.15. The maximum absolute atomic E-state index is 11.4. The number of hydrogen-bond donors (Lipinski definition) is 0. The standard InChI is InChI=1S/C14H16N2O2S/c1-8-5-6-12-11(7-8)9(2)15-14(16-12)19-10(3)13(17)18-4/h5-7,10H,1-4H3/t10-/m1/s1. The Labute approximate surface area is 116 Å². The van der Waals surface area contributed by atoms with Crippen LogP contribution in [0.25, 0.3) is 10.9 Å². The van der Waals surface area contributed by atoms with E-state index in [0.29, 0.717) is 5.16 Å². The van der Waals surface area contributed by atoms with E-state index >= 15 is 0 Å². The lowest BCUT2D eigenvalue weighted by atomic mass is 10.1. The number of esters is 1. The van der Waals surface area contributed by atoms with E-state index in [-0.39, 0.29) is 11.2 Å². The zero-order valence-electron chi connectivity index (χ0n) is 11.4. The molecule has 0 aliphatic rings. The molecular weight excluding hydrogens is 260 g/mol. The van der Waals surface area contributed by atoms with Gasteiger partial charge in [0, 0.05) is 11.1 Å². The molecule has 4 nitrogen and oxygen atoms in total. The Kier molecular flexibility index (Phi) is 4.04. The van der Waals surface area contributed by atoms with Crippen molar-refractivity contribution in [3.8, 4) is 0 Å². The van der Waals surface area contributed by atoms with Crippen molar-refractivity contribution in [1.29, 1.82) is 0 Å². The molecule has 0 N–H and O–H groups in total. The molecule has 0 saturated carbocycles. The fourth-order valence-electron chi connectivity index (χ4n) is 1.79. The molecule has 0 radical (unpaired) electrons. The second-order valence-corrected chi connectivity index (χ2v) is 5.70. The summed E-state index contributed by atoms with van der Waals surface area (Å²) in [7, 11) is 1.38. The molecule has 5 heteroatoms. The van der Waals surface area contributed by atoms with E-state index in [4.69, 9.17) is 4.74 Å². The smallest absolute Gasteiger partial charge is 0.318 e. The first-order valence-corrected chi connectivity index (χ1v) is 6.88. The monoisotopic (exact) mass is 276 g/mol. The molecule has 2 rings (SSSR count). The Bertz CT molecular complexity index is 628. The zero-order valence-corrected chi connectivity index (χ0v) is 12.2. The van der Waals surface area contributed by atoms with Crippen LogP contribution >= 0.6 is 11.8 Å². The van der Waals surface area contributed by atoms with Crippen molar-refractivity contribution in [3.63, 3.8) is 0 Å². The molecule has 1 aromatic heterocycles. The fraction of sp³-hybridized carbons (Fsp3) is 0.357. The normalized spacial score (nSPS) is 12.4. The predicted octanol–water partition coefficient (Wildman–Crippen LogP) is 2.90. The summed E-state index contributed by atoms with van der Waals surface area (Å²) >= 11 is 1.31. The van der Waals surface area contributed by atoms with Gasteiger partial charge in [-0.05, 0) is 32.9 Å². The number of ether oxygens (including phenoxy) is 1. The molecule has 0 aliphatic carbocycles. The zero-order chi connectivity index (χ0) is 14.0. The van der Waals surface area contributed by atoms with Crippen LogP contribution in [0.3, 0.4) is 0 Å². The van der Waals surface area contributed by atoms with Gasteiger partial charge in [0.25, 0.3) is 0 Å². The first-order chi connectivity index (χ1) is 9.01. The number of carbonyl (C=O) groups is 1. The number of rotatable bonds is 3. The third-order valence-electron chi connectivity index (χ3n) is 2.84. The van der Waals surface area contributed by atoms with E-state index in [1.165, 1.54) is 24.4 Å². The summed E-state index contributed by atoms with van der Waals surface area (Å²) < 4.78 is 4.70. The van der Waals surface area contributed by atoms with Gasteiger partial charge in [-0.1, -0.05) is 23.4 Å². The molecule has 1 aromatic carbocycles. The first kappa shape index (κ1) is 13.8. The number of carbonyl (C=O) groups excluding carboxylic acids is 1.